The molecule has 3 heteroatoms. The summed E-state index contributed by atoms with van der Waals surface area (Å²) in [5, 5.41) is 3.21. The van der Waals surface area contributed by atoms with Crippen LogP contribution in [0.3, 0.4) is 0 Å². The molecule has 0 amide bonds. The van der Waals surface area contributed by atoms with Crippen molar-refractivity contribution < 1.29 is 9.53 Å². The van der Waals surface area contributed by atoms with Gasteiger partial charge in [0.1, 0.15) is 6.61 Å². The average molecular weight is 203 g/mol. The highest BCUT2D eigenvalue weighted by Gasteiger charge is 2.19. The van der Waals surface area contributed by atoms with Gasteiger partial charge in [-0.2, -0.15) is 0 Å². The number of carbonyl (C=O) groups is 1. The Balaban J connectivity index is 1.97. The largest absolute Gasteiger partial charge is 0.456 e. The van der Waals surface area contributed by atoms with Crippen LogP contribution >= 0.6 is 0 Å². The van der Waals surface area contributed by atoms with Crippen LogP contribution in [0.2, 0.25) is 0 Å². The molecule has 0 aliphatic carbocycles. The summed E-state index contributed by atoms with van der Waals surface area (Å²) in [6.07, 6.45) is 0. The van der Waals surface area contributed by atoms with E-state index in [4.69, 9.17) is 4.74 Å². The maximum atomic E-state index is 11.1. The van der Waals surface area contributed by atoms with Crippen LogP contribution in [0.5, 0.6) is 0 Å². The van der Waals surface area contributed by atoms with Gasteiger partial charge in [0.05, 0.1) is 11.3 Å². The lowest BCUT2D eigenvalue weighted by molar-refractivity contribution is -0.135. The van der Waals surface area contributed by atoms with E-state index in [0.29, 0.717) is 12.2 Å². The van der Waals surface area contributed by atoms with E-state index in [1.807, 2.05) is 30.3 Å². The van der Waals surface area contributed by atoms with Crippen LogP contribution in [-0.4, -0.2) is 12.6 Å². The zero-order valence-electron chi connectivity index (χ0n) is 8.62. The molecule has 0 aromatic heterocycles. The molecular weight excluding hydrogens is 190 g/mol. The molecule has 0 saturated carbocycles. The fourth-order valence-electron chi connectivity index (χ4n) is 1.47. The second-order valence-corrected chi connectivity index (χ2v) is 3.52. The highest BCUT2D eigenvalue weighted by atomic mass is 16.5. The van der Waals surface area contributed by atoms with Gasteiger partial charge in [-0.3, -0.25) is 0 Å². The number of esters is 1. The molecule has 78 valence electrons. The van der Waals surface area contributed by atoms with Crippen LogP contribution in [0.4, 0.5) is 0 Å². The van der Waals surface area contributed by atoms with Crippen molar-refractivity contribution in [2.45, 2.75) is 13.5 Å². The quantitative estimate of drug-likeness (QED) is 0.758. The van der Waals surface area contributed by atoms with E-state index in [9.17, 15) is 4.79 Å². The summed E-state index contributed by atoms with van der Waals surface area (Å²) in [5.74, 6) is -0.217. The zero-order chi connectivity index (χ0) is 10.7. The first kappa shape index (κ1) is 9.77. The lowest BCUT2D eigenvalue weighted by Gasteiger charge is -2.06. The van der Waals surface area contributed by atoms with Crippen molar-refractivity contribution in [2.24, 2.45) is 0 Å². The Bertz CT molecular complexity index is 395. The third-order valence-electron chi connectivity index (χ3n) is 2.46. The van der Waals surface area contributed by atoms with E-state index in [-0.39, 0.29) is 5.97 Å². The van der Waals surface area contributed by atoms with Crippen LogP contribution in [0.1, 0.15) is 12.5 Å². The van der Waals surface area contributed by atoms with Crippen LogP contribution in [-0.2, 0) is 16.1 Å². The number of ether oxygens (including phenoxy) is 1. The first-order chi connectivity index (χ1) is 7.27. The first-order valence-electron chi connectivity index (χ1n) is 4.92. The Labute approximate surface area is 88.8 Å². The standard InChI is InChI=1S/C12H13NO2/c1-9-11(8-15-12(9)14)13-7-10-5-3-2-4-6-10/h2-6,13H,7-8H2,1H3. The van der Waals surface area contributed by atoms with Crippen molar-refractivity contribution in [3.8, 4) is 0 Å². The number of nitrogens with one attached hydrogen (secondary N) is 1. The van der Waals surface area contributed by atoms with Crippen LogP contribution in [0.15, 0.2) is 41.6 Å². The van der Waals surface area contributed by atoms with E-state index < -0.39 is 0 Å². The maximum absolute atomic E-state index is 11.1. The normalized spacial score (nSPS) is 15.4. The molecule has 0 atom stereocenters. The Morgan fingerprint density at radius 3 is 2.67 bits per heavy atom. The van der Waals surface area contributed by atoms with Crippen molar-refractivity contribution in [1.82, 2.24) is 5.32 Å². The lowest BCUT2D eigenvalue weighted by Crippen LogP contribution is -2.14. The average Bonchev–Trinajstić information content (AvgIpc) is 2.59. The molecule has 1 aromatic carbocycles. The predicted molar refractivity (Wildman–Crippen MR) is 56.9 cm³/mol. The Kier molecular flexibility index (Phi) is 2.72. The second-order valence-electron chi connectivity index (χ2n) is 3.52. The van der Waals surface area contributed by atoms with Crippen molar-refractivity contribution >= 4 is 5.97 Å². The monoisotopic (exact) mass is 203 g/mol. The minimum atomic E-state index is -0.217. The molecule has 1 aliphatic heterocycles. The van der Waals surface area contributed by atoms with Gasteiger partial charge in [0.25, 0.3) is 0 Å². The molecule has 3 nitrogen and oxygen atoms in total. The molecule has 0 bridgehead atoms. The molecule has 0 unspecified atom stereocenters. The Hall–Kier alpha value is -1.77. The number of carbonyl (C=O) groups excluding carboxylic acids is 1. The summed E-state index contributed by atoms with van der Waals surface area (Å²) >= 11 is 0. The molecule has 0 radical (unpaired) electrons. The molecule has 0 spiro atoms. The number of rotatable bonds is 3. The smallest absolute Gasteiger partial charge is 0.335 e. The van der Waals surface area contributed by atoms with Gasteiger partial charge in [0, 0.05) is 6.54 Å². The molecule has 1 aromatic rings. The summed E-state index contributed by atoms with van der Waals surface area (Å²) in [7, 11) is 0. The third-order valence-corrected chi connectivity index (χ3v) is 2.46. The van der Waals surface area contributed by atoms with E-state index in [1.165, 1.54) is 5.56 Å². The molecule has 0 saturated heterocycles. The van der Waals surface area contributed by atoms with Crippen molar-refractivity contribution in [3.63, 3.8) is 0 Å². The van der Waals surface area contributed by atoms with E-state index >= 15 is 0 Å². The van der Waals surface area contributed by atoms with Crippen LogP contribution in [0.25, 0.3) is 0 Å². The van der Waals surface area contributed by atoms with Crippen molar-refractivity contribution in [1.29, 1.82) is 0 Å². The summed E-state index contributed by atoms with van der Waals surface area (Å²) in [5.41, 5.74) is 2.77. The fourth-order valence-corrected chi connectivity index (χ4v) is 1.47. The number of hydrogen-bond donors (Lipinski definition) is 1. The lowest BCUT2D eigenvalue weighted by atomic mass is 10.2. The molecule has 1 heterocycles. The van der Waals surface area contributed by atoms with Gasteiger partial charge in [-0.25, -0.2) is 4.79 Å². The minimum Gasteiger partial charge on any atom is -0.456 e. The maximum Gasteiger partial charge on any atom is 0.335 e. The third kappa shape index (κ3) is 2.18. The summed E-state index contributed by atoms with van der Waals surface area (Å²) in [4.78, 5) is 11.1. The second kappa shape index (κ2) is 4.17. The van der Waals surface area contributed by atoms with Crippen LogP contribution in [0, 0.1) is 0 Å². The molecule has 15 heavy (non-hydrogen) atoms. The van der Waals surface area contributed by atoms with Gasteiger partial charge >= 0.3 is 5.97 Å². The summed E-state index contributed by atoms with van der Waals surface area (Å²) in [6, 6.07) is 10.1. The Morgan fingerprint density at radius 2 is 2.07 bits per heavy atom. The fraction of sp³-hybridized carbons (Fsp3) is 0.250. The van der Waals surface area contributed by atoms with E-state index in [2.05, 4.69) is 5.32 Å². The Morgan fingerprint density at radius 1 is 1.33 bits per heavy atom. The first-order valence-corrected chi connectivity index (χ1v) is 4.92. The molecule has 2 rings (SSSR count). The highest BCUT2D eigenvalue weighted by molar-refractivity contribution is 5.90. The number of hydrogen-bond acceptors (Lipinski definition) is 3. The van der Waals surface area contributed by atoms with Gasteiger partial charge in [0.2, 0.25) is 0 Å². The van der Waals surface area contributed by atoms with Gasteiger partial charge in [-0.05, 0) is 12.5 Å². The van der Waals surface area contributed by atoms with E-state index in [1.54, 1.807) is 6.92 Å². The van der Waals surface area contributed by atoms with Gasteiger partial charge in [-0.1, -0.05) is 30.3 Å². The van der Waals surface area contributed by atoms with Gasteiger partial charge in [0.15, 0.2) is 0 Å². The zero-order valence-corrected chi connectivity index (χ0v) is 8.62. The number of benzene rings is 1. The van der Waals surface area contributed by atoms with Gasteiger partial charge < -0.3 is 10.1 Å². The molecule has 1 aliphatic rings. The van der Waals surface area contributed by atoms with Gasteiger partial charge in [-0.15, -0.1) is 0 Å². The molecule has 0 fully saturated rings. The van der Waals surface area contributed by atoms with Crippen molar-refractivity contribution in [2.75, 3.05) is 6.61 Å². The molecule has 1 N–H and O–H groups in total. The summed E-state index contributed by atoms with van der Waals surface area (Å²) < 4.78 is 4.89. The summed E-state index contributed by atoms with van der Waals surface area (Å²) in [6.45, 7) is 2.88. The highest BCUT2D eigenvalue weighted by Crippen LogP contribution is 2.12. The topological polar surface area (TPSA) is 38.3 Å². The number of cyclic esters (lactones) is 1. The van der Waals surface area contributed by atoms with Crippen molar-refractivity contribution in [3.05, 3.63) is 47.2 Å². The minimum absolute atomic E-state index is 0.217. The predicted octanol–water partition coefficient (Wildman–Crippen LogP) is 1.61. The van der Waals surface area contributed by atoms with E-state index in [0.717, 1.165) is 12.2 Å². The van der Waals surface area contributed by atoms with Crippen LogP contribution < -0.4 is 5.32 Å². The molecular formula is C12H13NO2. The SMILES string of the molecule is CC1=C(NCc2ccccc2)COC1=O.